The third-order valence-electron chi connectivity index (χ3n) is 6.35. The zero-order chi connectivity index (χ0) is 21.1. The van der Waals surface area contributed by atoms with Gasteiger partial charge in [0.05, 0.1) is 11.4 Å². The van der Waals surface area contributed by atoms with Crippen LogP contribution in [0.1, 0.15) is 51.5 Å². The first kappa shape index (κ1) is 20.6. The van der Waals surface area contributed by atoms with E-state index in [1.165, 1.54) is 25.0 Å². The lowest BCUT2D eigenvalue weighted by Gasteiger charge is -2.37. The van der Waals surface area contributed by atoms with Crippen LogP contribution in [0.3, 0.4) is 0 Å². The first-order chi connectivity index (χ1) is 14.5. The highest BCUT2D eigenvalue weighted by atomic mass is 19.1. The fourth-order valence-corrected chi connectivity index (χ4v) is 4.29. The van der Waals surface area contributed by atoms with Crippen LogP contribution >= 0.6 is 0 Å². The van der Waals surface area contributed by atoms with Crippen molar-refractivity contribution < 1.29 is 9.18 Å². The lowest BCUT2D eigenvalue weighted by atomic mass is 9.77. The van der Waals surface area contributed by atoms with E-state index in [9.17, 15) is 9.18 Å². The molecule has 2 atom stereocenters. The van der Waals surface area contributed by atoms with Gasteiger partial charge in [-0.1, -0.05) is 50.1 Å². The number of anilines is 1. The second-order valence-electron chi connectivity index (χ2n) is 8.64. The van der Waals surface area contributed by atoms with Crippen LogP contribution in [0, 0.1) is 17.7 Å². The van der Waals surface area contributed by atoms with Crippen LogP contribution in [-0.2, 0) is 4.79 Å². The van der Waals surface area contributed by atoms with Gasteiger partial charge in [-0.05, 0) is 61.9 Å². The molecule has 0 saturated heterocycles. The monoisotopic (exact) mass is 407 g/mol. The topological polar surface area (TPSA) is 44.7 Å². The Morgan fingerprint density at radius 1 is 1.17 bits per heavy atom. The minimum atomic E-state index is -0.838. The molecule has 4 nitrogen and oxygen atoms in total. The van der Waals surface area contributed by atoms with Gasteiger partial charge in [-0.3, -0.25) is 4.79 Å². The van der Waals surface area contributed by atoms with E-state index in [0.29, 0.717) is 5.92 Å². The molecule has 2 unspecified atom stereocenters. The Hall–Kier alpha value is -2.69. The Morgan fingerprint density at radius 2 is 1.87 bits per heavy atom. The molecule has 158 valence electrons. The molecular formula is C25H30FN3O. The molecule has 0 bridgehead atoms. The molecule has 1 aliphatic carbocycles. The number of amides is 1. The van der Waals surface area contributed by atoms with E-state index in [2.05, 4.69) is 12.2 Å². The van der Waals surface area contributed by atoms with Crippen molar-refractivity contribution in [1.29, 1.82) is 0 Å². The molecule has 4 rings (SSSR count). The number of nitrogens with one attached hydrogen (secondary N) is 1. The Balaban J connectivity index is 1.76. The summed E-state index contributed by atoms with van der Waals surface area (Å²) in [5, 5.41) is 10.1. The lowest BCUT2D eigenvalue weighted by Crippen LogP contribution is -2.58. The van der Waals surface area contributed by atoms with Gasteiger partial charge >= 0.3 is 0 Å². The number of carbonyl (C=O) groups excluding carboxylic acids is 1. The van der Waals surface area contributed by atoms with Crippen molar-refractivity contribution in [1.82, 2.24) is 5.32 Å². The van der Waals surface area contributed by atoms with E-state index in [1.807, 2.05) is 42.3 Å². The molecule has 1 aliphatic heterocycles. The SMILES string of the molecule is CCCCC1C(c2ccc(F)cc2)=NN(c2ccccc2)C1(C)C(=O)NCC1CC1. The number of nitrogens with zero attached hydrogens (tertiary/aromatic N) is 2. The van der Waals surface area contributed by atoms with Gasteiger partial charge in [-0.2, -0.15) is 5.10 Å². The summed E-state index contributed by atoms with van der Waals surface area (Å²) in [6.45, 7) is 4.88. The molecule has 0 radical (unpaired) electrons. The van der Waals surface area contributed by atoms with Crippen LogP contribution in [-0.4, -0.2) is 23.7 Å². The molecule has 1 fully saturated rings. The maximum absolute atomic E-state index is 13.6. The van der Waals surface area contributed by atoms with Crippen LogP contribution in [0.15, 0.2) is 59.7 Å². The Bertz CT molecular complexity index is 908. The molecule has 1 N–H and O–H groups in total. The second-order valence-corrected chi connectivity index (χ2v) is 8.64. The van der Waals surface area contributed by atoms with Gasteiger partial charge in [0.1, 0.15) is 11.4 Å². The molecule has 1 heterocycles. The van der Waals surface area contributed by atoms with Gasteiger partial charge in [0.25, 0.3) is 0 Å². The molecule has 1 amide bonds. The summed E-state index contributed by atoms with van der Waals surface area (Å²) in [7, 11) is 0. The summed E-state index contributed by atoms with van der Waals surface area (Å²) in [5.74, 6) is 0.269. The largest absolute Gasteiger partial charge is 0.354 e. The van der Waals surface area contributed by atoms with E-state index in [-0.39, 0.29) is 17.6 Å². The zero-order valence-corrected chi connectivity index (χ0v) is 17.8. The first-order valence-electron chi connectivity index (χ1n) is 11.0. The Kier molecular flexibility index (Phi) is 5.89. The molecule has 5 heteroatoms. The maximum Gasteiger partial charge on any atom is 0.248 e. The van der Waals surface area contributed by atoms with Gasteiger partial charge < -0.3 is 5.32 Å². The molecule has 0 aromatic heterocycles. The van der Waals surface area contributed by atoms with Crippen LogP contribution in [0.25, 0.3) is 0 Å². The van der Waals surface area contributed by atoms with Crippen molar-refractivity contribution in [3.05, 3.63) is 66.0 Å². The normalized spacial score (nSPS) is 23.4. The number of hydrogen-bond acceptors (Lipinski definition) is 3. The van der Waals surface area contributed by atoms with E-state index in [0.717, 1.165) is 42.8 Å². The van der Waals surface area contributed by atoms with E-state index in [4.69, 9.17) is 5.10 Å². The number of para-hydroxylation sites is 1. The fraction of sp³-hybridized carbons (Fsp3) is 0.440. The van der Waals surface area contributed by atoms with Crippen LogP contribution in [0.4, 0.5) is 10.1 Å². The number of rotatable bonds is 8. The summed E-state index contributed by atoms with van der Waals surface area (Å²) in [6.07, 6.45) is 5.27. The average molecular weight is 408 g/mol. The predicted octanol–water partition coefficient (Wildman–Crippen LogP) is 5.14. The highest BCUT2D eigenvalue weighted by Gasteiger charge is 2.53. The molecule has 2 aliphatic rings. The average Bonchev–Trinajstić information content (AvgIpc) is 3.55. The molecule has 2 aromatic carbocycles. The van der Waals surface area contributed by atoms with Crippen molar-refractivity contribution in [2.45, 2.75) is 51.5 Å². The first-order valence-corrected chi connectivity index (χ1v) is 11.0. The smallest absolute Gasteiger partial charge is 0.248 e. The summed E-state index contributed by atoms with van der Waals surface area (Å²) in [5.41, 5.74) is 1.78. The standard InChI is InChI=1S/C25H30FN3O/c1-3-4-10-22-23(19-13-15-20(26)16-14-19)28-29(21-8-6-5-7-9-21)25(22,2)24(30)27-17-18-11-12-18/h5-9,13-16,18,22H,3-4,10-12,17H2,1-2H3,(H,27,30). The molecule has 0 spiro atoms. The maximum atomic E-state index is 13.6. The van der Waals surface area contributed by atoms with Gasteiger partial charge in [0.2, 0.25) is 5.91 Å². The Morgan fingerprint density at radius 3 is 2.50 bits per heavy atom. The molecule has 1 saturated carbocycles. The minimum absolute atomic E-state index is 0.0141. The van der Waals surface area contributed by atoms with Crippen LogP contribution < -0.4 is 10.3 Å². The number of unbranched alkanes of at least 4 members (excludes halogenated alkanes) is 1. The van der Waals surface area contributed by atoms with Crippen molar-refractivity contribution in [3.63, 3.8) is 0 Å². The minimum Gasteiger partial charge on any atom is -0.354 e. The summed E-state index contributed by atoms with van der Waals surface area (Å²) < 4.78 is 13.6. The number of carbonyl (C=O) groups is 1. The van der Waals surface area contributed by atoms with Crippen molar-refractivity contribution >= 4 is 17.3 Å². The molecule has 2 aromatic rings. The Labute approximate surface area is 178 Å². The van der Waals surface area contributed by atoms with E-state index >= 15 is 0 Å². The highest BCUT2D eigenvalue weighted by Crippen LogP contribution is 2.42. The zero-order valence-electron chi connectivity index (χ0n) is 17.8. The summed E-state index contributed by atoms with van der Waals surface area (Å²) in [6, 6.07) is 16.3. The van der Waals surface area contributed by atoms with Crippen molar-refractivity contribution in [2.75, 3.05) is 11.6 Å². The number of hydrogen-bond donors (Lipinski definition) is 1. The third-order valence-corrected chi connectivity index (χ3v) is 6.35. The third kappa shape index (κ3) is 3.98. The van der Waals surface area contributed by atoms with Crippen molar-refractivity contribution in [3.8, 4) is 0 Å². The van der Waals surface area contributed by atoms with Gasteiger partial charge in [-0.15, -0.1) is 0 Å². The predicted molar refractivity (Wildman–Crippen MR) is 119 cm³/mol. The second kappa shape index (κ2) is 8.58. The van der Waals surface area contributed by atoms with Gasteiger partial charge in [-0.25, -0.2) is 9.40 Å². The number of hydrazone groups is 1. The number of halogens is 1. The van der Waals surface area contributed by atoms with Gasteiger partial charge in [0, 0.05) is 12.5 Å². The number of benzene rings is 2. The fourth-order valence-electron chi connectivity index (χ4n) is 4.29. The van der Waals surface area contributed by atoms with E-state index < -0.39 is 5.54 Å². The van der Waals surface area contributed by atoms with E-state index in [1.54, 1.807) is 12.1 Å². The molecular weight excluding hydrogens is 377 g/mol. The molecule has 30 heavy (non-hydrogen) atoms. The lowest BCUT2D eigenvalue weighted by molar-refractivity contribution is -0.126. The van der Waals surface area contributed by atoms with Gasteiger partial charge in [0.15, 0.2) is 0 Å². The summed E-state index contributed by atoms with van der Waals surface area (Å²) >= 11 is 0. The quantitative estimate of drug-likeness (QED) is 0.658. The van der Waals surface area contributed by atoms with Crippen LogP contribution in [0.2, 0.25) is 0 Å². The summed E-state index contributed by atoms with van der Waals surface area (Å²) in [4.78, 5) is 13.6. The highest BCUT2D eigenvalue weighted by molar-refractivity contribution is 6.10. The van der Waals surface area contributed by atoms with Crippen molar-refractivity contribution in [2.24, 2.45) is 16.9 Å². The van der Waals surface area contributed by atoms with Crippen LogP contribution in [0.5, 0.6) is 0 Å².